The number of rotatable bonds is 6. The van der Waals surface area contributed by atoms with Crippen LogP contribution in [-0.2, 0) is 4.79 Å². The van der Waals surface area contributed by atoms with Crippen LogP contribution in [0.25, 0.3) is 0 Å². The molecule has 1 amide bonds. The number of nitrogens with zero attached hydrogens (tertiary/aromatic N) is 2. The molecule has 1 N–H and O–H groups in total. The Morgan fingerprint density at radius 2 is 1.81 bits per heavy atom. The highest BCUT2D eigenvalue weighted by molar-refractivity contribution is 5.99. The van der Waals surface area contributed by atoms with Gasteiger partial charge in [0.05, 0.1) is 10.6 Å². The average molecular weight is 355 g/mol. The number of ether oxygens (including phenoxy) is 1. The van der Waals surface area contributed by atoms with E-state index in [9.17, 15) is 14.9 Å². The summed E-state index contributed by atoms with van der Waals surface area (Å²) in [6.07, 6.45) is -0.717. The summed E-state index contributed by atoms with van der Waals surface area (Å²) < 4.78 is 5.64. The molecule has 0 saturated heterocycles. The molecule has 136 valence electrons. The molecule has 2 aromatic rings. The Hall–Kier alpha value is -3.22. The topological polar surface area (TPSA) is 93.8 Å². The number of hydrogen-bond donors (Lipinski definition) is 1. The molecule has 2 aromatic carbocycles. The number of carbonyl (C=O) groups is 1. The number of nitro groups is 1. The summed E-state index contributed by atoms with van der Waals surface area (Å²) in [5.74, 6) is 0.233. The van der Waals surface area contributed by atoms with Gasteiger partial charge in [-0.15, -0.1) is 0 Å². The van der Waals surface area contributed by atoms with E-state index in [-0.39, 0.29) is 11.6 Å². The molecule has 26 heavy (non-hydrogen) atoms. The number of hydrazone groups is 1. The molecular formula is C19H21N3O4. The quantitative estimate of drug-likeness (QED) is 0.487. The minimum Gasteiger partial charge on any atom is -0.481 e. The van der Waals surface area contributed by atoms with Crippen LogP contribution in [0.2, 0.25) is 0 Å². The molecule has 7 nitrogen and oxygen atoms in total. The van der Waals surface area contributed by atoms with Crippen LogP contribution in [0.1, 0.15) is 30.5 Å². The van der Waals surface area contributed by atoms with Crippen LogP contribution in [0.15, 0.2) is 47.6 Å². The van der Waals surface area contributed by atoms with Crippen LogP contribution in [0.3, 0.4) is 0 Å². The lowest BCUT2D eigenvalue weighted by atomic mass is 10.1. The van der Waals surface area contributed by atoms with Gasteiger partial charge >= 0.3 is 0 Å². The van der Waals surface area contributed by atoms with Crippen molar-refractivity contribution in [2.24, 2.45) is 5.10 Å². The number of aryl methyl sites for hydroxylation is 2. The number of benzene rings is 2. The number of carbonyl (C=O) groups excluding carboxylic acids is 1. The van der Waals surface area contributed by atoms with E-state index in [0.29, 0.717) is 17.0 Å². The summed E-state index contributed by atoms with van der Waals surface area (Å²) in [5.41, 5.74) is 5.90. The second-order valence-corrected chi connectivity index (χ2v) is 5.98. The van der Waals surface area contributed by atoms with E-state index in [1.165, 1.54) is 12.1 Å². The number of non-ortho nitro benzene ring substituents is 1. The molecule has 0 aliphatic rings. The minimum atomic E-state index is -0.717. The first-order chi connectivity index (χ1) is 12.3. The number of hydrogen-bond acceptors (Lipinski definition) is 5. The molecule has 0 heterocycles. The van der Waals surface area contributed by atoms with E-state index in [0.717, 1.165) is 11.1 Å². The summed E-state index contributed by atoms with van der Waals surface area (Å²) in [4.78, 5) is 22.3. The lowest BCUT2D eigenvalue weighted by Crippen LogP contribution is -2.34. The van der Waals surface area contributed by atoms with E-state index >= 15 is 0 Å². The highest BCUT2D eigenvalue weighted by Gasteiger charge is 2.15. The fraction of sp³-hybridized carbons (Fsp3) is 0.263. The van der Waals surface area contributed by atoms with E-state index in [1.807, 2.05) is 32.0 Å². The highest BCUT2D eigenvalue weighted by atomic mass is 16.6. The maximum absolute atomic E-state index is 12.1. The third-order valence-corrected chi connectivity index (χ3v) is 3.99. The van der Waals surface area contributed by atoms with Crippen LogP contribution in [-0.4, -0.2) is 22.6 Å². The summed E-state index contributed by atoms with van der Waals surface area (Å²) in [5, 5.41) is 14.7. The van der Waals surface area contributed by atoms with Crippen LogP contribution < -0.4 is 10.2 Å². The second-order valence-electron chi connectivity index (χ2n) is 5.98. The minimum absolute atomic E-state index is 0.000925. The Labute approximate surface area is 151 Å². The lowest BCUT2D eigenvalue weighted by Gasteiger charge is -2.14. The van der Waals surface area contributed by atoms with E-state index in [2.05, 4.69) is 10.5 Å². The fourth-order valence-corrected chi connectivity index (χ4v) is 2.16. The van der Waals surface area contributed by atoms with Crippen molar-refractivity contribution in [2.45, 2.75) is 33.8 Å². The van der Waals surface area contributed by atoms with Crippen molar-refractivity contribution in [3.05, 3.63) is 69.3 Å². The van der Waals surface area contributed by atoms with Crippen molar-refractivity contribution in [3.63, 3.8) is 0 Å². The molecule has 1 atom stereocenters. The van der Waals surface area contributed by atoms with Crippen LogP contribution in [0.4, 0.5) is 5.69 Å². The van der Waals surface area contributed by atoms with Gasteiger partial charge in [0.1, 0.15) is 5.75 Å². The predicted octanol–water partition coefficient (Wildman–Crippen LogP) is 3.52. The summed E-state index contributed by atoms with van der Waals surface area (Å²) in [7, 11) is 0. The smallest absolute Gasteiger partial charge is 0.280 e. The van der Waals surface area contributed by atoms with Gasteiger partial charge in [0.15, 0.2) is 6.10 Å². The standard InChI is InChI=1S/C19H21N3O4/c1-12-5-10-18(11-13(12)2)26-15(4)19(23)21-20-14(3)16-6-8-17(9-7-16)22(24)25/h5-11,15H,1-4H3,(H,21,23)/b20-14+. The third kappa shape index (κ3) is 4.89. The van der Waals surface area contributed by atoms with Gasteiger partial charge in [-0.2, -0.15) is 5.10 Å². The van der Waals surface area contributed by atoms with Gasteiger partial charge < -0.3 is 4.74 Å². The Balaban J connectivity index is 1.98. The second kappa shape index (κ2) is 8.24. The highest BCUT2D eigenvalue weighted by Crippen LogP contribution is 2.17. The van der Waals surface area contributed by atoms with Crippen molar-refractivity contribution in [3.8, 4) is 5.75 Å². The molecular weight excluding hydrogens is 334 g/mol. The molecule has 0 bridgehead atoms. The van der Waals surface area contributed by atoms with Gasteiger partial charge in [0, 0.05) is 12.1 Å². The number of nitrogens with one attached hydrogen (secondary N) is 1. The molecule has 0 spiro atoms. The Morgan fingerprint density at radius 1 is 1.15 bits per heavy atom. The molecule has 7 heteroatoms. The zero-order chi connectivity index (χ0) is 19.3. The van der Waals surface area contributed by atoms with E-state index in [1.54, 1.807) is 26.0 Å². The number of nitro benzene ring substituents is 1. The SMILES string of the molecule is C/C(=N\NC(=O)C(C)Oc1ccc(C)c(C)c1)c1ccc([N+](=O)[O-])cc1. The molecule has 0 radical (unpaired) electrons. The van der Waals surface area contributed by atoms with Gasteiger partial charge in [-0.1, -0.05) is 6.07 Å². The van der Waals surface area contributed by atoms with Gasteiger partial charge in [-0.25, -0.2) is 5.43 Å². The van der Waals surface area contributed by atoms with Crippen molar-refractivity contribution in [1.29, 1.82) is 0 Å². The third-order valence-electron chi connectivity index (χ3n) is 3.99. The van der Waals surface area contributed by atoms with Gasteiger partial charge in [0.25, 0.3) is 11.6 Å². The first kappa shape index (κ1) is 19.1. The molecule has 0 saturated carbocycles. The maximum atomic E-state index is 12.1. The normalized spacial score (nSPS) is 12.4. The summed E-state index contributed by atoms with van der Waals surface area (Å²) in [6.45, 7) is 7.33. The molecule has 1 unspecified atom stereocenters. The predicted molar refractivity (Wildman–Crippen MR) is 99.5 cm³/mol. The maximum Gasteiger partial charge on any atom is 0.280 e. The molecule has 0 aliphatic carbocycles. The summed E-state index contributed by atoms with van der Waals surface area (Å²) in [6, 6.07) is 11.6. The molecule has 0 aliphatic heterocycles. The fourth-order valence-electron chi connectivity index (χ4n) is 2.16. The largest absolute Gasteiger partial charge is 0.481 e. The van der Waals surface area contributed by atoms with Crippen LogP contribution in [0, 0.1) is 24.0 Å². The van der Waals surface area contributed by atoms with Gasteiger partial charge in [-0.05, 0) is 68.7 Å². The molecule has 0 fully saturated rings. The van der Waals surface area contributed by atoms with Crippen molar-refractivity contribution in [2.75, 3.05) is 0 Å². The van der Waals surface area contributed by atoms with Crippen molar-refractivity contribution < 1.29 is 14.5 Å². The Bertz CT molecular complexity index is 844. The first-order valence-electron chi connectivity index (χ1n) is 8.11. The van der Waals surface area contributed by atoms with E-state index in [4.69, 9.17) is 4.74 Å². The Morgan fingerprint density at radius 3 is 2.38 bits per heavy atom. The van der Waals surface area contributed by atoms with Crippen molar-refractivity contribution >= 4 is 17.3 Å². The first-order valence-corrected chi connectivity index (χ1v) is 8.11. The van der Waals surface area contributed by atoms with Gasteiger partial charge in [-0.3, -0.25) is 14.9 Å². The zero-order valence-electron chi connectivity index (χ0n) is 15.1. The monoisotopic (exact) mass is 355 g/mol. The van der Waals surface area contributed by atoms with Crippen LogP contribution >= 0.6 is 0 Å². The number of amides is 1. The lowest BCUT2D eigenvalue weighted by molar-refractivity contribution is -0.384. The average Bonchev–Trinajstić information content (AvgIpc) is 2.62. The zero-order valence-corrected chi connectivity index (χ0v) is 15.1. The molecule has 2 rings (SSSR count). The molecule has 0 aromatic heterocycles. The Kier molecular flexibility index (Phi) is 6.06. The summed E-state index contributed by atoms with van der Waals surface area (Å²) >= 11 is 0. The van der Waals surface area contributed by atoms with Crippen molar-refractivity contribution in [1.82, 2.24) is 5.43 Å². The van der Waals surface area contributed by atoms with Crippen LogP contribution in [0.5, 0.6) is 5.75 Å². The van der Waals surface area contributed by atoms with E-state index < -0.39 is 11.0 Å². The van der Waals surface area contributed by atoms with Gasteiger partial charge in [0.2, 0.25) is 0 Å².